The van der Waals surface area contributed by atoms with E-state index in [1.807, 2.05) is 36.5 Å². The van der Waals surface area contributed by atoms with Crippen LogP contribution in [0.15, 0.2) is 85.1 Å². The second-order valence-electron chi connectivity index (χ2n) is 15.0. The molecule has 2 amide bonds. The topological polar surface area (TPSA) is 133 Å². The molecule has 0 spiro atoms. The van der Waals surface area contributed by atoms with E-state index in [1.54, 1.807) is 12.1 Å². The molecule has 2 saturated heterocycles. The van der Waals surface area contributed by atoms with Gasteiger partial charge in [0.15, 0.2) is 0 Å². The number of aromatic hydroxyl groups is 1. The van der Waals surface area contributed by atoms with Crippen molar-refractivity contribution in [3.05, 3.63) is 96.2 Å². The predicted molar refractivity (Wildman–Crippen MR) is 201 cm³/mol. The van der Waals surface area contributed by atoms with Crippen molar-refractivity contribution in [1.82, 2.24) is 25.0 Å². The Bertz CT molecular complexity index is 2160. The van der Waals surface area contributed by atoms with Gasteiger partial charge in [-0.15, -0.1) is 10.2 Å². The van der Waals surface area contributed by atoms with Crippen molar-refractivity contribution in [2.75, 3.05) is 31.1 Å². The zero-order chi connectivity index (χ0) is 36.1. The zero-order valence-electron chi connectivity index (χ0n) is 29.6. The summed E-state index contributed by atoms with van der Waals surface area (Å²) in [6.45, 7) is 2.77. The lowest BCUT2D eigenvalue weighted by molar-refractivity contribution is -0.134. The van der Waals surface area contributed by atoms with E-state index in [9.17, 15) is 19.8 Å². The van der Waals surface area contributed by atoms with Gasteiger partial charge in [-0.3, -0.25) is 19.8 Å². The molecule has 4 aliphatic rings. The molecular weight excluding hydrogens is 668 g/mol. The number of imide groups is 1. The molecule has 5 heterocycles. The fourth-order valence-electron chi connectivity index (χ4n) is 9.20. The van der Waals surface area contributed by atoms with E-state index >= 15 is 0 Å². The summed E-state index contributed by atoms with van der Waals surface area (Å²) in [5, 5.41) is 33.1. The second-order valence-corrected chi connectivity index (χ2v) is 15.0. The fourth-order valence-corrected chi connectivity index (χ4v) is 9.20. The van der Waals surface area contributed by atoms with Gasteiger partial charge in [-0.2, -0.15) is 0 Å². The Morgan fingerprint density at radius 1 is 0.849 bits per heavy atom. The number of hydrogen-bond acceptors (Lipinski definition) is 9. The first-order chi connectivity index (χ1) is 25.9. The summed E-state index contributed by atoms with van der Waals surface area (Å²) in [6, 6.07) is 25.9. The molecule has 3 aromatic carbocycles. The smallest absolute Gasteiger partial charge is 0.249 e. The van der Waals surface area contributed by atoms with Crippen LogP contribution >= 0.6 is 0 Å². The number of carbonyl (C=O) groups excluding carboxylic acids is 2. The number of rotatable bonds is 6. The Labute approximate surface area is 308 Å². The van der Waals surface area contributed by atoms with E-state index in [4.69, 9.17) is 4.74 Å². The molecule has 53 heavy (non-hydrogen) atoms. The van der Waals surface area contributed by atoms with E-state index in [1.165, 1.54) is 5.56 Å². The van der Waals surface area contributed by atoms with E-state index in [0.29, 0.717) is 55.8 Å². The highest BCUT2D eigenvalue weighted by Crippen LogP contribution is 2.45. The number of phenols is 1. The number of phenolic OH excluding ortho intramolecular Hbond substituents is 1. The first-order valence-corrected chi connectivity index (χ1v) is 18.9. The summed E-state index contributed by atoms with van der Waals surface area (Å²) in [7, 11) is 0. The average molecular weight is 713 g/mol. The first-order valence-electron chi connectivity index (χ1n) is 18.9. The first kappa shape index (κ1) is 33.6. The minimum Gasteiger partial charge on any atom is -0.507 e. The lowest BCUT2D eigenvalue weighted by Gasteiger charge is -2.43. The fraction of sp³-hybridized carbons (Fsp3) is 0.381. The lowest BCUT2D eigenvalue weighted by Crippen LogP contribution is -2.54. The second kappa shape index (κ2) is 13.9. The van der Waals surface area contributed by atoms with Crippen molar-refractivity contribution in [2.45, 2.75) is 75.0 Å². The summed E-state index contributed by atoms with van der Waals surface area (Å²) in [5.41, 5.74) is 7.26. The molecule has 9 rings (SSSR count). The largest absolute Gasteiger partial charge is 0.507 e. The Kier molecular flexibility index (Phi) is 8.83. The molecule has 272 valence electrons. The van der Waals surface area contributed by atoms with E-state index in [-0.39, 0.29) is 29.5 Å². The third-order valence-electron chi connectivity index (χ3n) is 12.0. The number of likely N-dealkylation sites (tertiary alicyclic amines) is 1. The van der Waals surface area contributed by atoms with E-state index < -0.39 is 6.10 Å². The van der Waals surface area contributed by atoms with Gasteiger partial charge in [0, 0.05) is 42.4 Å². The highest BCUT2D eigenvalue weighted by atomic mass is 16.5. The monoisotopic (exact) mass is 712 g/mol. The number of benzene rings is 3. The van der Waals surface area contributed by atoms with Gasteiger partial charge in [0.2, 0.25) is 11.8 Å². The molecule has 3 atom stereocenters. The third kappa shape index (κ3) is 6.31. The number of nitrogens with zero attached hydrogens (tertiary/aromatic N) is 5. The number of β-amino-alcohol motifs (C(OH)–C–C–N with tert-alkyl or cyclic N) is 1. The number of para-hydroxylation sites is 2. The number of nitrogens with one attached hydrogen (secondary N) is 1. The number of fused-ring (bicyclic) bond motifs is 2. The molecule has 2 aromatic heterocycles. The number of hydrogen-bond donors (Lipinski definition) is 3. The maximum Gasteiger partial charge on any atom is 0.249 e. The minimum atomic E-state index is -0.441. The molecule has 3 N–H and O–H groups in total. The number of anilines is 1. The number of ether oxygens (including phenoxy) is 1. The molecule has 11 heteroatoms. The number of aliphatic hydroxyl groups is 1. The molecule has 1 saturated carbocycles. The van der Waals surface area contributed by atoms with Crippen molar-refractivity contribution in [2.24, 2.45) is 0 Å². The molecule has 0 bridgehead atoms. The summed E-state index contributed by atoms with van der Waals surface area (Å²) >= 11 is 0. The normalized spacial score (nSPS) is 25.2. The van der Waals surface area contributed by atoms with Crippen LogP contribution in [-0.2, 0) is 9.59 Å². The van der Waals surface area contributed by atoms with Gasteiger partial charge in [0.1, 0.15) is 29.7 Å². The van der Waals surface area contributed by atoms with Gasteiger partial charge in [-0.25, -0.2) is 0 Å². The summed E-state index contributed by atoms with van der Waals surface area (Å²) in [4.78, 5) is 29.1. The van der Waals surface area contributed by atoms with Gasteiger partial charge in [-0.1, -0.05) is 36.4 Å². The maximum atomic E-state index is 12.7. The van der Waals surface area contributed by atoms with Crippen molar-refractivity contribution in [3.63, 3.8) is 0 Å². The molecule has 5 aromatic rings. The van der Waals surface area contributed by atoms with Crippen LogP contribution in [-0.4, -0.2) is 86.1 Å². The van der Waals surface area contributed by atoms with Gasteiger partial charge >= 0.3 is 0 Å². The Balaban J connectivity index is 0.834. The van der Waals surface area contributed by atoms with Crippen LogP contribution in [0.5, 0.6) is 11.5 Å². The molecule has 0 radical (unpaired) electrons. The molecule has 1 aliphatic carbocycles. The van der Waals surface area contributed by atoms with Crippen molar-refractivity contribution < 1.29 is 24.5 Å². The number of amides is 2. The summed E-state index contributed by atoms with van der Waals surface area (Å²) in [5.74, 6) is 1.11. The van der Waals surface area contributed by atoms with Gasteiger partial charge < -0.3 is 24.4 Å². The maximum absolute atomic E-state index is 12.7. The van der Waals surface area contributed by atoms with Crippen LogP contribution in [0.2, 0.25) is 0 Å². The quantitative estimate of drug-likeness (QED) is 0.191. The molecule has 3 unspecified atom stereocenters. The number of aromatic nitrogens is 3. The Morgan fingerprint density at radius 3 is 2.47 bits per heavy atom. The lowest BCUT2D eigenvalue weighted by atomic mass is 9.79. The van der Waals surface area contributed by atoms with Crippen molar-refractivity contribution in [1.29, 1.82) is 0 Å². The minimum absolute atomic E-state index is 0.0804. The SMILES string of the molecule is O=C1CCC(N2CCOc3c(C4CCC(N5CCC(c6ccc(-n7ccc8nnc(-c9ccccc9O)cc87)cc6)C(O)C5)CC4)cccc32)C(=O)N1. The highest BCUT2D eigenvalue weighted by molar-refractivity contribution is 6.02. The van der Waals surface area contributed by atoms with Crippen LogP contribution in [0.25, 0.3) is 28.0 Å². The number of aliphatic hydroxyl groups excluding tert-OH is 1. The summed E-state index contributed by atoms with van der Waals surface area (Å²) < 4.78 is 8.35. The van der Waals surface area contributed by atoms with E-state index in [0.717, 1.165) is 72.4 Å². The number of piperidine rings is 2. The van der Waals surface area contributed by atoms with Crippen LogP contribution in [0.3, 0.4) is 0 Å². The zero-order valence-corrected chi connectivity index (χ0v) is 29.6. The van der Waals surface area contributed by atoms with Crippen LogP contribution in [0.4, 0.5) is 5.69 Å². The van der Waals surface area contributed by atoms with Gasteiger partial charge in [0.25, 0.3) is 0 Å². The molecule has 11 nitrogen and oxygen atoms in total. The van der Waals surface area contributed by atoms with Crippen LogP contribution < -0.4 is 15.0 Å². The van der Waals surface area contributed by atoms with Gasteiger partial charge in [-0.05, 0) is 105 Å². The third-order valence-corrected chi connectivity index (χ3v) is 12.0. The van der Waals surface area contributed by atoms with Crippen molar-refractivity contribution >= 4 is 28.5 Å². The summed E-state index contributed by atoms with van der Waals surface area (Å²) in [6.07, 6.45) is 7.57. The Hall–Kier alpha value is -5.26. The average Bonchev–Trinajstić information content (AvgIpc) is 3.61. The van der Waals surface area contributed by atoms with Crippen LogP contribution in [0, 0.1) is 0 Å². The van der Waals surface area contributed by atoms with Crippen LogP contribution in [0.1, 0.15) is 67.9 Å². The highest BCUT2D eigenvalue weighted by Gasteiger charge is 2.38. The molecular formula is C42H44N6O5. The Morgan fingerprint density at radius 2 is 1.68 bits per heavy atom. The van der Waals surface area contributed by atoms with Crippen molar-refractivity contribution in [3.8, 4) is 28.4 Å². The molecule has 3 fully saturated rings. The predicted octanol–water partition coefficient (Wildman–Crippen LogP) is 5.67. The van der Waals surface area contributed by atoms with E-state index in [2.05, 4.69) is 66.3 Å². The molecule has 3 aliphatic heterocycles. The van der Waals surface area contributed by atoms with Gasteiger partial charge in [0.05, 0.1) is 29.5 Å². The number of carbonyl (C=O) groups is 2. The standard InChI is InChI=1S/C42H44N6O5/c49-38-7-2-1-4-32(38)34-24-37-33(44-45-34)19-21-47(37)29-14-10-26(11-15-29)30-18-20-46(25-39(30)50)28-12-8-27(9-13-28)31-5-3-6-35-41(31)53-23-22-48(35)36-16-17-40(51)43-42(36)52/h1-7,10-11,14-15,19,21,24,27-28,30,36,39,49-50H,8-9,12-13,16-18,20,22-23,25H2,(H,43,51,52).